The molecule has 24 heavy (non-hydrogen) atoms. The van der Waals surface area contributed by atoms with Crippen LogP contribution in [0.3, 0.4) is 0 Å². The number of nitrogens with zero attached hydrogens (tertiary/aromatic N) is 2. The highest BCUT2D eigenvalue weighted by molar-refractivity contribution is 7.88. The summed E-state index contributed by atoms with van der Waals surface area (Å²) in [5.41, 5.74) is 2.25. The van der Waals surface area contributed by atoms with Gasteiger partial charge in [0.2, 0.25) is 10.0 Å². The second-order valence-electron chi connectivity index (χ2n) is 5.07. The zero-order chi connectivity index (χ0) is 17.0. The number of sulfonamides is 1. The fraction of sp³-hybridized carbons (Fsp3) is 0.125. The quantitative estimate of drug-likeness (QED) is 0.731. The van der Waals surface area contributed by atoms with Crippen LogP contribution in [0, 0.1) is 5.82 Å². The van der Waals surface area contributed by atoms with E-state index in [9.17, 15) is 12.8 Å². The molecule has 124 valence electrons. The Balaban J connectivity index is 1.63. The van der Waals surface area contributed by atoms with Gasteiger partial charge in [-0.3, -0.25) is 4.98 Å². The Bertz CT molecular complexity index is 910. The van der Waals surface area contributed by atoms with Crippen LogP contribution in [0.4, 0.5) is 4.39 Å². The normalized spacial score (nSPS) is 11.5. The molecule has 3 rings (SSSR count). The van der Waals surface area contributed by atoms with Crippen molar-refractivity contribution < 1.29 is 12.8 Å². The summed E-state index contributed by atoms with van der Waals surface area (Å²) in [7, 11) is -3.52. The lowest BCUT2D eigenvalue weighted by molar-refractivity contribution is 0.580. The van der Waals surface area contributed by atoms with E-state index in [1.54, 1.807) is 12.4 Å². The van der Waals surface area contributed by atoms with Crippen LogP contribution < -0.4 is 4.72 Å². The van der Waals surface area contributed by atoms with E-state index < -0.39 is 15.8 Å². The van der Waals surface area contributed by atoms with Gasteiger partial charge in [-0.15, -0.1) is 11.3 Å². The van der Waals surface area contributed by atoms with Gasteiger partial charge in [-0.25, -0.2) is 22.5 Å². The highest BCUT2D eigenvalue weighted by Crippen LogP contribution is 2.21. The molecule has 5 nitrogen and oxygen atoms in total. The van der Waals surface area contributed by atoms with Crippen LogP contribution in [0.1, 0.15) is 10.6 Å². The van der Waals surface area contributed by atoms with Crippen LogP contribution in [0.15, 0.2) is 54.2 Å². The Morgan fingerprint density at radius 3 is 2.50 bits per heavy atom. The number of aromatic nitrogens is 2. The number of pyridine rings is 1. The van der Waals surface area contributed by atoms with Gasteiger partial charge in [-0.1, -0.05) is 12.1 Å². The molecular formula is C16H14FN3O2S2. The second kappa shape index (κ2) is 7.16. The predicted molar refractivity (Wildman–Crippen MR) is 91.2 cm³/mol. The van der Waals surface area contributed by atoms with E-state index in [-0.39, 0.29) is 12.3 Å². The lowest BCUT2D eigenvalue weighted by Crippen LogP contribution is -2.24. The van der Waals surface area contributed by atoms with Crippen molar-refractivity contribution in [3.63, 3.8) is 0 Å². The second-order valence-corrected chi connectivity index (χ2v) is 7.82. The van der Waals surface area contributed by atoms with Crippen molar-refractivity contribution in [1.82, 2.24) is 14.7 Å². The number of thiazole rings is 1. The molecular weight excluding hydrogens is 349 g/mol. The summed E-state index contributed by atoms with van der Waals surface area (Å²) >= 11 is 1.39. The van der Waals surface area contributed by atoms with E-state index in [1.807, 2.05) is 17.5 Å². The van der Waals surface area contributed by atoms with E-state index in [0.29, 0.717) is 10.6 Å². The minimum atomic E-state index is -3.52. The van der Waals surface area contributed by atoms with Crippen LogP contribution in [-0.4, -0.2) is 18.4 Å². The van der Waals surface area contributed by atoms with Gasteiger partial charge in [-0.2, -0.15) is 0 Å². The Kier molecular flexibility index (Phi) is 4.98. The number of benzene rings is 1. The summed E-state index contributed by atoms with van der Waals surface area (Å²) < 4.78 is 39.6. The van der Waals surface area contributed by atoms with Gasteiger partial charge in [0.25, 0.3) is 0 Å². The van der Waals surface area contributed by atoms with Crippen molar-refractivity contribution in [3.8, 4) is 11.3 Å². The number of hydrogen-bond donors (Lipinski definition) is 1. The largest absolute Gasteiger partial charge is 0.265 e. The van der Waals surface area contributed by atoms with Crippen LogP contribution in [0.5, 0.6) is 0 Å². The molecule has 8 heteroatoms. The molecule has 1 N–H and O–H groups in total. The summed E-state index contributed by atoms with van der Waals surface area (Å²) in [4.78, 5) is 8.37. The molecule has 0 unspecified atom stereocenters. The zero-order valence-electron chi connectivity index (χ0n) is 12.5. The lowest BCUT2D eigenvalue weighted by atomic mass is 10.2. The van der Waals surface area contributed by atoms with E-state index in [2.05, 4.69) is 14.7 Å². The van der Waals surface area contributed by atoms with Crippen molar-refractivity contribution in [2.45, 2.75) is 12.3 Å². The maximum Gasteiger partial charge on any atom is 0.216 e. The Hall–Kier alpha value is -2.16. The minimum Gasteiger partial charge on any atom is -0.265 e. The third-order valence-corrected chi connectivity index (χ3v) is 5.39. The smallest absolute Gasteiger partial charge is 0.216 e. The molecule has 0 radical (unpaired) electrons. The topological polar surface area (TPSA) is 72.0 Å². The average Bonchev–Trinajstić information content (AvgIpc) is 3.05. The zero-order valence-corrected chi connectivity index (χ0v) is 14.1. The SMILES string of the molecule is O=S(=O)(Cc1ccc(F)cc1)NCc1nc(-c2ccncc2)cs1. The summed E-state index contributed by atoms with van der Waals surface area (Å²) in [5.74, 6) is -0.592. The number of halogens is 1. The van der Waals surface area contributed by atoms with Crippen LogP contribution >= 0.6 is 11.3 Å². The first kappa shape index (κ1) is 16.7. The van der Waals surface area contributed by atoms with E-state index in [0.717, 1.165) is 11.3 Å². The molecule has 0 bridgehead atoms. The van der Waals surface area contributed by atoms with Crippen molar-refractivity contribution in [2.24, 2.45) is 0 Å². The maximum atomic E-state index is 12.9. The molecule has 0 saturated heterocycles. The van der Waals surface area contributed by atoms with E-state index in [4.69, 9.17) is 0 Å². The van der Waals surface area contributed by atoms with Gasteiger partial charge in [0.15, 0.2) is 0 Å². The summed E-state index contributed by atoms with van der Waals surface area (Å²) in [6, 6.07) is 9.09. The van der Waals surface area contributed by atoms with Gasteiger partial charge in [0.1, 0.15) is 10.8 Å². The standard InChI is InChI=1S/C16H14FN3O2S2/c17-14-3-1-12(2-4-14)11-24(21,22)19-9-16-20-15(10-23-16)13-5-7-18-8-6-13/h1-8,10,19H,9,11H2. The minimum absolute atomic E-state index is 0.124. The number of nitrogens with one attached hydrogen (secondary N) is 1. The molecule has 0 saturated carbocycles. The van der Waals surface area contributed by atoms with Gasteiger partial charge < -0.3 is 0 Å². The number of hydrogen-bond acceptors (Lipinski definition) is 5. The van der Waals surface area contributed by atoms with Crippen LogP contribution in [0.25, 0.3) is 11.3 Å². The Morgan fingerprint density at radius 2 is 1.79 bits per heavy atom. The molecule has 1 aromatic carbocycles. The van der Waals surface area contributed by atoms with Gasteiger partial charge in [0, 0.05) is 23.3 Å². The predicted octanol–water partition coefficient (Wildman–Crippen LogP) is 2.96. The Labute approximate surface area is 143 Å². The lowest BCUT2D eigenvalue weighted by Gasteiger charge is -2.05. The highest BCUT2D eigenvalue weighted by Gasteiger charge is 2.13. The fourth-order valence-corrected chi connectivity index (χ4v) is 3.99. The molecule has 0 atom stereocenters. The Morgan fingerprint density at radius 1 is 1.08 bits per heavy atom. The molecule has 2 aromatic heterocycles. The highest BCUT2D eigenvalue weighted by atomic mass is 32.2. The van der Waals surface area contributed by atoms with Crippen molar-refractivity contribution in [3.05, 3.63) is 70.6 Å². The van der Waals surface area contributed by atoms with Crippen molar-refractivity contribution in [1.29, 1.82) is 0 Å². The van der Waals surface area contributed by atoms with Crippen LogP contribution in [-0.2, 0) is 22.3 Å². The fourth-order valence-electron chi connectivity index (χ4n) is 2.07. The van der Waals surface area contributed by atoms with Gasteiger partial charge in [0.05, 0.1) is 18.0 Å². The molecule has 0 aliphatic rings. The van der Waals surface area contributed by atoms with Crippen LogP contribution in [0.2, 0.25) is 0 Å². The van der Waals surface area contributed by atoms with Crippen molar-refractivity contribution in [2.75, 3.05) is 0 Å². The molecule has 0 spiro atoms. The average molecular weight is 363 g/mol. The first-order valence-corrected chi connectivity index (χ1v) is 9.62. The van der Waals surface area contributed by atoms with E-state index in [1.165, 1.54) is 35.6 Å². The molecule has 0 aliphatic heterocycles. The first-order chi connectivity index (χ1) is 11.5. The molecule has 0 aliphatic carbocycles. The third kappa shape index (κ3) is 4.44. The van der Waals surface area contributed by atoms with Gasteiger partial charge >= 0.3 is 0 Å². The van der Waals surface area contributed by atoms with Crippen molar-refractivity contribution >= 4 is 21.4 Å². The molecule has 0 amide bonds. The molecule has 3 aromatic rings. The first-order valence-electron chi connectivity index (χ1n) is 7.08. The third-order valence-electron chi connectivity index (χ3n) is 3.24. The maximum absolute atomic E-state index is 12.9. The molecule has 2 heterocycles. The number of rotatable bonds is 6. The van der Waals surface area contributed by atoms with E-state index >= 15 is 0 Å². The molecule has 0 fully saturated rings. The van der Waals surface area contributed by atoms with Gasteiger partial charge in [-0.05, 0) is 29.8 Å². The summed E-state index contributed by atoms with van der Waals surface area (Å²) in [6.45, 7) is 0.124. The monoisotopic (exact) mass is 363 g/mol. The summed E-state index contributed by atoms with van der Waals surface area (Å²) in [5, 5.41) is 2.54. The summed E-state index contributed by atoms with van der Waals surface area (Å²) in [6.07, 6.45) is 3.36.